The Labute approximate surface area is 217 Å². The van der Waals surface area contributed by atoms with Gasteiger partial charge in [0.25, 0.3) is 0 Å². The summed E-state index contributed by atoms with van der Waals surface area (Å²) in [6.07, 6.45) is -5.80. The van der Waals surface area contributed by atoms with Gasteiger partial charge in [-0.25, -0.2) is 0 Å². The van der Waals surface area contributed by atoms with Gasteiger partial charge in [0.05, 0.1) is 4.75 Å². The van der Waals surface area contributed by atoms with Crippen LogP contribution in [0.4, 0.5) is 0 Å². The lowest BCUT2D eigenvalue weighted by Gasteiger charge is -2.45. The summed E-state index contributed by atoms with van der Waals surface area (Å²) in [5.41, 5.74) is 0. The van der Waals surface area contributed by atoms with Gasteiger partial charge in [0.2, 0.25) is 18.1 Å². The molecule has 0 aromatic rings. The number of amides is 2. The summed E-state index contributed by atoms with van der Waals surface area (Å²) >= 11 is 0.490. The molecule has 0 bridgehead atoms. The normalized spacial score (nSPS) is 24.0. The van der Waals surface area contributed by atoms with Gasteiger partial charge in [0, 0.05) is 51.1 Å². The highest BCUT2D eigenvalue weighted by Gasteiger charge is 2.53. The first-order valence-electron chi connectivity index (χ1n) is 11.0. The van der Waals surface area contributed by atoms with Crippen LogP contribution in [0.1, 0.15) is 48.5 Å². The molecule has 0 aliphatic carbocycles. The fourth-order valence-corrected chi connectivity index (χ4v) is 3.94. The molecule has 6 unspecified atom stereocenters. The molecule has 0 saturated carbocycles. The van der Waals surface area contributed by atoms with Crippen LogP contribution in [-0.4, -0.2) is 83.7 Å². The fourth-order valence-electron chi connectivity index (χ4n) is 3.47. The molecule has 1 aliphatic rings. The van der Waals surface area contributed by atoms with Gasteiger partial charge in [-0.3, -0.25) is 28.8 Å². The van der Waals surface area contributed by atoms with E-state index in [0.717, 1.165) is 34.6 Å². The maximum Gasteiger partial charge on any atom is 0.305 e. The molecule has 0 radical (unpaired) electrons. The number of rotatable bonds is 11. The second-order valence-electron chi connectivity index (χ2n) is 8.54. The van der Waals surface area contributed by atoms with Crippen LogP contribution >= 0.6 is 11.9 Å². The summed E-state index contributed by atoms with van der Waals surface area (Å²) < 4.78 is 28.0. The average Bonchev–Trinajstić information content (AvgIpc) is 2.73. The van der Waals surface area contributed by atoms with Gasteiger partial charge >= 0.3 is 23.9 Å². The zero-order valence-electron chi connectivity index (χ0n) is 21.4. The monoisotopic (exact) mass is 549 g/mol. The van der Waals surface area contributed by atoms with E-state index >= 15 is 0 Å². The van der Waals surface area contributed by atoms with Crippen LogP contribution < -0.4 is 10.6 Å². The summed E-state index contributed by atoms with van der Waals surface area (Å²) in [6.45, 7) is 7.91. The molecule has 1 aliphatic heterocycles. The second-order valence-corrected chi connectivity index (χ2v) is 9.92. The molecule has 1 fully saturated rings. The summed E-state index contributed by atoms with van der Waals surface area (Å²) in [6, 6.07) is -2.82. The molecule has 37 heavy (non-hydrogen) atoms. The fraction of sp³-hybridized carbons (Fsp3) is 0.714. The quantitative estimate of drug-likeness (QED) is 0.150. The van der Waals surface area contributed by atoms with Crippen LogP contribution in [-0.2, 0) is 52.5 Å². The average molecular weight is 550 g/mol. The summed E-state index contributed by atoms with van der Waals surface area (Å²) in [5.74, 6) is -4.71. The van der Waals surface area contributed by atoms with Crippen LogP contribution in [0.15, 0.2) is 4.58 Å². The van der Waals surface area contributed by atoms with Gasteiger partial charge < -0.3 is 34.3 Å². The molecule has 0 spiro atoms. The highest BCUT2D eigenvalue weighted by atomic mass is 32.2. The van der Waals surface area contributed by atoms with Gasteiger partial charge in [-0.15, -0.1) is 4.91 Å². The SMILES string of the molecule is CC(=O)NC(C(=O)NC1C(OC(C)=O)OC(COC(C)=O)C(OC(C)=O)C1OC(C)=O)C(C)(C)SN=O. The van der Waals surface area contributed by atoms with E-state index in [1.54, 1.807) is 0 Å². The van der Waals surface area contributed by atoms with Gasteiger partial charge in [-0.2, -0.15) is 0 Å². The molecule has 208 valence electrons. The van der Waals surface area contributed by atoms with E-state index in [4.69, 9.17) is 23.7 Å². The first-order valence-corrected chi connectivity index (χ1v) is 11.7. The number of nitrogens with zero attached hydrogens (tertiary/aromatic N) is 1. The number of ether oxygens (including phenoxy) is 5. The lowest BCUT2D eigenvalue weighted by Crippen LogP contribution is -2.69. The molecule has 1 saturated heterocycles. The maximum atomic E-state index is 13.4. The molecule has 2 N–H and O–H groups in total. The lowest BCUT2D eigenvalue weighted by molar-refractivity contribution is -0.271. The molecular weight excluding hydrogens is 518 g/mol. The largest absolute Gasteiger partial charge is 0.463 e. The van der Waals surface area contributed by atoms with Crippen molar-refractivity contribution >= 4 is 47.6 Å². The Morgan fingerprint density at radius 3 is 1.89 bits per heavy atom. The van der Waals surface area contributed by atoms with Crippen molar-refractivity contribution in [1.82, 2.24) is 10.6 Å². The zero-order valence-corrected chi connectivity index (χ0v) is 22.2. The second kappa shape index (κ2) is 13.9. The molecular formula is C21H31N3O12S. The van der Waals surface area contributed by atoms with Crippen LogP contribution in [0.2, 0.25) is 0 Å². The Kier molecular flexibility index (Phi) is 11.9. The number of nitrogens with one attached hydrogen (secondary N) is 2. The smallest absolute Gasteiger partial charge is 0.305 e. The van der Waals surface area contributed by atoms with Crippen molar-refractivity contribution in [1.29, 1.82) is 0 Å². The predicted octanol–water partition coefficient (Wildman–Crippen LogP) is -0.116. The van der Waals surface area contributed by atoms with Crippen molar-refractivity contribution in [3.63, 3.8) is 0 Å². The summed E-state index contributed by atoms with van der Waals surface area (Å²) in [5, 5.41) is 4.92. The first kappa shape index (κ1) is 31.8. The molecule has 0 aromatic carbocycles. The number of carbonyl (C=O) groups is 6. The van der Waals surface area contributed by atoms with E-state index < -0.39 is 83.7 Å². The molecule has 1 heterocycles. The highest BCUT2D eigenvalue weighted by molar-refractivity contribution is 7.99. The third-order valence-electron chi connectivity index (χ3n) is 4.87. The van der Waals surface area contributed by atoms with Crippen molar-refractivity contribution in [3.05, 3.63) is 4.91 Å². The Bertz CT molecular complexity index is 911. The van der Waals surface area contributed by atoms with Gasteiger partial charge in [0.15, 0.2) is 12.2 Å². The number of carbonyl (C=O) groups excluding carboxylic acids is 6. The van der Waals surface area contributed by atoms with Gasteiger partial charge in [-0.1, -0.05) is 0 Å². The Morgan fingerprint density at radius 1 is 0.892 bits per heavy atom. The van der Waals surface area contributed by atoms with Crippen molar-refractivity contribution in [2.24, 2.45) is 4.58 Å². The Morgan fingerprint density at radius 2 is 1.43 bits per heavy atom. The minimum Gasteiger partial charge on any atom is -0.463 e. The molecule has 6 atom stereocenters. The zero-order chi connectivity index (χ0) is 28.5. The van der Waals surface area contributed by atoms with Crippen LogP contribution in [0.25, 0.3) is 0 Å². The van der Waals surface area contributed by atoms with E-state index in [0.29, 0.717) is 11.9 Å². The molecule has 1 rings (SSSR count). The minimum absolute atomic E-state index is 0.479. The highest BCUT2D eigenvalue weighted by Crippen LogP contribution is 2.31. The van der Waals surface area contributed by atoms with Crippen LogP contribution in [0.5, 0.6) is 0 Å². The standard InChI is InChI=1S/C21H31N3O12S/c1-9(25)22-18(21(6,7)37-24-31)19(30)23-15-17(34-12(4)28)16(33-11(3)27)14(8-32-10(2)26)36-20(15)35-13(5)29/h14-18,20H,8H2,1-7H3,(H,22,25)(H,23,30). The van der Waals surface area contributed by atoms with Crippen molar-refractivity contribution in [2.45, 2.75) is 89.9 Å². The Balaban J connectivity index is 3.54. The third-order valence-corrected chi connectivity index (χ3v) is 5.65. The van der Waals surface area contributed by atoms with Crippen LogP contribution in [0.3, 0.4) is 0 Å². The predicted molar refractivity (Wildman–Crippen MR) is 125 cm³/mol. The van der Waals surface area contributed by atoms with Crippen molar-refractivity contribution in [3.8, 4) is 0 Å². The van der Waals surface area contributed by atoms with E-state index in [9.17, 15) is 33.7 Å². The summed E-state index contributed by atoms with van der Waals surface area (Å²) in [7, 11) is 0. The minimum atomic E-state index is -1.61. The molecule has 15 nitrogen and oxygen atoms in total. The van der Waals surface area contributed by atoms with Crippen molar-refractivity contribution < 1.29 is 52.5 Å². The van der Waals surface area contributed by atoms with E-state index in [1.807, 2.05) is 0 Å². The molecule has 16 heteroatoms. The van der Waals surface area contributed by atoms with Crippen molar-refractivity contribution in [2.75, 3.05) is 6.61 Å². The van der Waals surface area contributed by atoms with E-state index in [2.05, 4.69) is 15.2 Å². The molecule has 2 amide bonds. The van der Waals surface area contributed by atoms with Gasteiger partial charge in [-0.05, 0) is 13.8 Å². The number of esters is 4. The lowest BCUT2D eigenvalue weighted by atomic mass is 9.94. The topological polar surface area (TPSA) is 202 Å². The maximum absolute atomic E-state index is 13.4. The summed E-state index contributed by atoms with van der Waals surface area (Å²) in [4.78, 5) is 83.1. The first-order chi connectivity index (χ1) is 17.1. The van der Waals surface area contributed by atoms with Crippen LogP contribution in [0, 0.1) is 4.91 Å². The molecule has 0 aromatic heterocycles. The van der Waals surface area contributed by atoms with Gasteiger partial charge in [0.1, 0.15) is 24.8 Å². The number of hydrogen-bond donors (Lipinski definition) is 2. The number of nitroso groups, excluding NO2 is 1. The third kappa shape index (κ3) is 9.95. The Hall–Kier alpha value is -3.27. The number of hydrogen-bond acceptors (Lipinski definition) is 14. The van der Waals surface area contributed by atoms with E-state index in [1.165, 1.54) is 13.8 Å². The van der Waals surface area contributed by atoms with E-state index in [-0.39, 0.29) is 0 Å².